The fourth-order valence-corrected chi connectivity index (χ4v) is 1.06. The Kier molecular flexibility index (Phi) is 2.81. The summed E-state index contributed by atoms with van der Waals surface area (Å²) in [5.74, 6) is -0.445. The van der Waals surface area contributed by atoms with E-state index in [1.54, 1.807) is 13.8 Å². The van der Waals surface area contributed by atoms with Gasteiger partial charge in [-0.1, -0.05) is 0 Å². The second kappa shape index (κ2) is 3.67. The summed E-state index contributed by atoms with van der Waals surface area (Å²) in [4.78, 5) is 27.3. The zero-order valence-electron chi connectivity index (χ0n) is 7.37. The molecular weight excluding hydrogens is 158 g/mol. The van der Waals surface area contributed by atoms with Gasteiger partial charge in [-0.05, 0) is 20.3 Å². The first-order chi connectivity index (χ1) is 5.61. The predicted octanol–water partition coefficient (Wildman–Crippen LogP) is 0.865. The second-order valence-corrected chi connectivity index (χ2v) is 3.09. The van der Waals surface area contributed by atoms with Gasteiger partial charge in [0.25, 0.3) is 11.8 Å². The molecule has 0 radical (unpaired) electrons. The monoisotopic (exact) mass is 171 g/mol. The van der Waals surface area contributed by atoms with Crippen LogP contribution >= 0.6 is 0 Å². The molecule has 1 aliphatic rings. The Morgan fingerprint density at radius 1 is 1.25 bits per heavy atom. The Labute approximate surface area is 71.4 Å². The molecule has 0 aromatic heterocycles. The van der Waals surface area contributed by atoms with Gasteiger partial charge in [-0.25, -0.2) is 0 Å². The van der Waals surface area contributed by atoms with E-state index in [4.69, 9.17) is 4.84 Å². The van der Waals surface area contributed by atoms with Gasteiger partial charge in [0.1, 0.15) is 0 Å². The van der Waals surface area contributed by atoms with Gasteiger partial charge in [0.05, 0.1) is 6.10 Å². The largest absolute Gasteiger partial charge is 0.272 e. The predicted molar refractivity (Wildman–Crippen MR) is 41.9 cm³/mol. The lowest BCUT2D eigenvalue weighted by Gasteiger charge is -2.25. The molecule has 4 heteroatoms. The minimum atomic E-state index is -0.222. The van der Waals surface area contributed by atoms with Crippen molar-refractivity contribution < 1.29 is 14.4 Å². The highest BCUT2D eigenvalue weighted by atomic mass is 16.7. The molecule has 0 saturated carbocycles. The smallest absolute Gasteiger partial charge is 0.253 e. The second-order valence-electron chi connectivity index (χ2n) is 3.09. The van der Waals surface area contributed by atoms with E-state index in [9.17, 15) is 9.59 Å². The Hall–Kier alpha value is -0.900. The zero-order chi connectivity index (χ0) is 9.14. The van der Waals surface area contributed by atoms with Crippen molar-refractivity contribution in [1.82, 2.24) is 5.06 Å². The van der Waals surface area contributed by atoms with Crippen LogP contribution in [0.1, 0.15) is 33.1 Å². The lowest BCUT2D eigenvalue weighted by Crippen LogP contribution is -2.41. The van der Waals surface area contributed by atoms with E-state index in [1.807, 2.05) is 0 Å². The molecular formula is C8H13NO3. The Balaban J connectivity index is 2.57. The van der Waals surface area contributed by atoms with Crippen LogP contribution in [-0.2, 0) is 14.4 Å². The summed E-state index contributed by atoms with van der Waals surface area (Å²) < 4.78 is 0. The maximum absolute atomic E-state index is 11.1. The third-order valence-electron chi connectivity index (χ3n) is 1.55. The van der Waals surface area contributed by atoms with Gasteiger partial charge in [-0.3, -0.25) is 14.4 Å². The molecule has 1 aliphatic heterocycles. The average Bonchev–Trinajstić information content (AvgIpc) is 1.97. The maximum atomic E-state index is 11.1. The van der Waals surface area contributed by atoms with Crippen LogP contribution in [0.15, 0.2) is 0 Å². The topological polar surface area (TPSA) is 46.6 Å². The molecule has 68 valence electrons. The van der Waals surface area contributed by atoms with Crippen molar-refractivity contribution in [1.29, 1.82) is 0 Å². The highest BCUT2D eigenvalue weighted by Gasteiger charge is 2.27. The quantitative estimate of drug-likeness (QED) is 0.579. The molecule has 1 rings (SSSR count). The van der Waals surface area contributed by atoms with Crippen LogP contribution < -0.4 is 0 Å². The molecule has 0 unspecified atom stereocenters. The molecule has 0 atom stereocenters. The van der Waals surface area contributed by atoms with Gasteiger partial charge >= 0.3 is 0 Å². The van der Waals surface area contributed by atoms with Crippen molar-refractivity contribution in [3.8, 4) is 0 Å². The van der Waals surface area contributed by atoms with Crippen LogP contribution in [0.2, 0.25) is 0 Å². The molecule has 2 amide bonds. The van der Waals surface area contributed by atoms with Crippen molar-refractivity contribution in [2.24, 2.45) is 0 Å². The molecule has 1 fully saturated rings. The minimum Gasteiger partial charge on any atom is -0.272 e. The van der Waals surface area contributed by atoms with Crippen LogP contribution in [0, 0.1) is 0 Å². The SMILES string of the molecule is CC(C)ON1C(=O)CCCC1=O. The van der Waals surface area contributed by atoms with Gasteiger partial charge < -0.3 is 0 Å². The van der Waals surface area contributed by atoms with Gasteiger partial charge in [-0.15, -0.1) is 0 Å². The van der Waals surface area contributed by atoms with Crippen LogP contribution in [-0.4, -0.2) is 23.0 Å². The number of hydroxylamine groups is 2. The normalized spacial score (nSPS) is 19.1. The third-order valence-corrected chi connectivity index (χ3v) is 1.55. The van der Waals surface area contributed by atoms with Crippen molar-refractivity contribution in [3.05, 3.63) is 0 Å². The Bertz CT molecular complexity index is 184. The number of carbonyl (C=O) groups excluding carboxylic acids is 2. The van der Waals surface area contributed by atoms with Crippen molar-refractivity contribution in [2.45, 2.75) is 39.2 Å². The molecule has 0 aromatic rings. The molecule has 1 heterocycles. The summed E-state index contributed by atoms with van der Waals surface area (Å²) in [5.41, 5.74) is 0. The standard InChI is InChI=1S/C8H13NO3/c1-6(2)12-9-7(10)4-3-5-8(9)11/h6H,3-5H2,1-2H3. The van der Waals surface area contributed by atoms with Crippen LogP contribution in [0.5, 0.6) is 0 Å². The van der Waals surface area contributed by atoms with E-state index in [0.29, 0.717) is 19.3 Å². The Morgan fingerprint density at radius 3 is 2.17 bits per heavy atom. The average molecular weight is 171 g/mol. The van der Waals surface area contributed by atoms with Crippen molar-refractivity contribution >= 4 is 11.8 Å². The van der Waals surface area contributed by atoms with Crippen LogP contribution in [0.3, 0.4) is 0 Å². The molecule has 0 N–H and O–H groups in total. The highest BCUT2D eigenvalue weighted by molar-refractivity contribution is 5.96. The number of piperidine rings is 1. The summed E-state index contributed by atoms with van der Waals surface area (Å²) in [6.07, 6.45) is 1.35. The van der Waals surface area contributed by atoms with Gasteiger partial charge in [-0.2, -0.15) is 5.06 Å². The summed E-state index contributed by atoms with van der Waals surface area (Å²) in [6, 6.07) is 0. The van der Waals surface area contributed by atoms with Crippen molar-refractivity contribution in [3.63, 3.8) is 0 Å². The minimum absolute atomic E-state index is 0.129. The zero-order valence-corrected chi connectivity index (χ0v) is 7.37. The van der Waals surface area contributed by atoms with Gasteiger partial charge in [0.15, 0.2) is 0 Å². The Morgan fingerprint density at radius 2 is 1.75 bits per heavy atom. The molecule has 1 saturated heterocycles. The lowest BCUT2D eigenvalue weighted by atomic mass is 10.1. The first-order valence-corrected chi connectivity index (χ1v) is 4.14. The number of amides is 2. The van der Waals surface area contributed by atoms with E-state index in [0.717, 1.165) is 5.06 Å². The van der Waals surface area contributed by atoms with Crippen LogP contribution in [0.25, 0.3) is 0 Å². The molecule has 12 heavy (non-hydrogen) atoms. The molecule has 0 aliphatic carbocycles. The first kappa shape index (κ1) is 9.19. The lowest BCUT2D eigenvalue weighted by molar-refractivity contribution is -0.209. The summed E-state index contributed by atoms with van der Waals surface area (Å²) in [7, 11) is 0. The van der Waals surface area contributed by atoms with Crippen molar-refractivity contribution in [2.75, 3.05) is 0 Å². The fraction of sp³-hybridized carbons (Fsp3) is 0.750. The van der Waals surface area contributed by atoms with E-state index in [2.05, 4.69) is 0 Å². The van der Waals surface area contributed by atoms with E-state index >= 15 is 0 Å². The van der Waals surface area contributed by atoms with E-state index < -0.39 is 0 Å². The van der Waals surface area contributed by atoms with E-state index in [1.165, 1.54) is 0 Å². The maximum Gasteiger partial charge on any atom is 0.253 e. The fourth-order valence-electron chi connectivity index (χ4n) is 1.06. The summed E-state index contributed by atoms with van der Waals surface area (Å²) >= 11 is 0. The number of imide groups is 1. The number of hydrogen-bond donors (Lipinski definition) is 0. The van der Waals surface area contributed by atoms with Gasteiger partial charge in [0.2, 0.25) is 0 Å². The molecule has 0 bridgehead atoms. The third kappa shape index (κ3) is 2.04. The highest BCUT2D eigenvalue weighted by Crippen LogP contribution is 2.13. The van der Waals surface area contributed by atoms with E-state index in [-0.39, 0.29) is 17.9 Å². The number of carbonyl (C=O) groups is 2. The first-order valence-electron chi connectivity index (χ1n) is 4.14. The molecule has 0 spiro atoms. The number of rotatable bonds is 2. The van der Waals surface area contributed by atoms with Crippen LogP contribution in [0.4, 0.5) is 0 Å². The summed E-state index contributed by atoms with van der Waals surface area (Å²) in [6.45, 7) is 3.57. The summed E-state index contributed by atoms with van der Waals surface area (Å²) in [5, 5.41) is 0.897. The molecule has 4 nitrogen and oxygen atoms in total. The van der Waals surface area contributed by atoms with Gasteiger partial charge in [0, 0.05) is 12.8 Å². The number of hydrogen-bond acceptors (Lipinski definition) is 3. The number of nitrogens with zero attached hydrogens (tertiary/aromatic N) is 1. The molecule has 0 aromatic carbocycles.